The highest BCUT2D eigenvalue weighted by Crippen LogP contribution is 2.31. The normalized spacial score (nSPS) is 17.3. The van der Waals surface area contributed by atoms with Gasteiger partial charge in [-0.2, -0.15) is 0 Å². The third-order valence-electron chi connectivity index (χ3n) is 3.12. The van der Waals surface area contributed by atoms with Gasteiger partial charge in [-0.05, 0) is 29.7 Å². The largest absolute Gasteiger partial charge is 0.302 e. The molecule has 0 saturated heterocycles. The molecule has 3 heteroatoms. The van der Waals surface area contributed by atoms with Gasteiger partial charge in [0.05, 0.1) is 0 Å². The van der Waals surface area contributed by atoms with Crippen molar-refractivity contribution >= 4 is 11.6 Å². The van der Waals surface area contributed by atoms with E-state index >= 15 is 0 Å². The lowest BCUT2D eigenvalue weighted by atomic mass is 9.86. The molecule has 0 amide bonds. The Hall–Kier alpha value is -0.600. The van der Waals surface area contributed by atoms with Crippen molar-refractivity contribution in [1.29, 1.82) is 0 Å². The highest BCUT2D eigenvalue weighted by Gasteiger charge is 2.23. The molecule has 2 nitrogen and oxygen atoms in total. The van der Waals surface area contributed by atoms with E-state index in [1.807, 2.05) is 0 Å². The van der Waals surface area contributed by atoms with Crippen molar-refractivity contribution in [3.05, 3.63) is 28.0 Å². The highest BCUT2D eigenvalue weighted by atomic mass is 35.5. The SMILES string of the molecule is CN1CCc2nc(Cl)c(C(C)(C)C)cc2C1. The molecule has 0 spiro atoms. The lowest BCUT2D eigenvalue weighted by Crippen LogP contribution is -2.28. The minimum atomic E-state index is 0.0646. The van der Waals surface area contributed by atoms with Gasteiger partial charge >= 0.3 is 0 Å². The topological polar surface area (TPSA) is 16.1 Å². The Morgan fingerprint density at radius 1 is 1.38 bits per heavy atom. The van der Waals surface area contributed by atoms with Crippen LogP contribution in [0, 0.1) is 0 Å². The molecule has 1 aromatic rings. The predicted octanol–water partition coefficient (Wildman–Crippen LogP) is 3.02. The monoisotopic (exact) mass is 238 g/mol. The fourth-order valence-electron chi connectivity index (χ4n) is 2.11. The summed E-state index contributed by atoms with van der Waals surface area (Å²) < 4.78 is 0. The summed E-state index contributed by atoms with van der Waals surface area (Å²) in [6.07, 6.45) is 1.01. The van der Waals surface area contributed by atoms with Gasteiger partial charge in [0.15, 0.2) is 0 Å². The Morgan fingerprint density at radius 2 is 2.06 bits per heavy atom. The molecule has 0 saturated carbocycles. The highest BCUT2D eigenvalue weighted by molar-refractivity contribution is 6.30. The van der Waals surface area contributed by atoms with E-state index in [0.717, 1.165) is 25.1 Å². The average Bonchev–Trinajstić information content (AvgIpc) is 2.16. The Balaban J connectivity index is 2.47. The van der Waals surface area contributed by atoms with Crippen molar-refractivity contribution in [3.8, 4) is 0 Å². The van der Waals surface area contributed by atoms with Gasteiger partial charge in [0.1, 0.15) is 5.15 Å². The first kappa shape index (κ1) is 11.9. The van der Waals surface area contributed by atoms with Gasteiger partial charge in [0, 0.05) is 25.2 Å². The fraction of sp³-hybridized carbons (Fsp3) is 0.615. The first-order valence-electron chi connectivity index (χ1n) is 5.75. The van der Waals surface area contributed by atoms with Crippen molar-refractivity contribution in [2.24, 2.45) is 0 Å². The second-order valence-electron chi connectivity index (χ2n) is 5.67. The molecule has 0 fully saturated rings. The van der Waals surface area contributed by atoms with Crippen LogP contribution in [0.25, 0.3) is 0 Å². The van der Waals surface area contributed by atoms with E-state index in [0.29, 0.717) is 5.15 Å². The lowest BCUT2D eigenvalue weighted by Gasteiger charge is -2.27. The molecule has 2 rings (SSSR count). The minimum Gasteiger partial charge on any atom is -0.302 e. The molecule has 1 aromatic heterocycles. The summed E-state index contributed by atoms with van der Waals surface area (Å²) in [6, 6.07) is 2.24. The molecule has 1 aliphatic heterocycles. The first-order chi connectivity index (χ1) is 7.38. The van der Waals surface area contributed by atoms with E-state index in [9.17, 15) is 0 Å². The average molecular weight is 239 g/mol. The van der Waals surface area contributed by atoms with Crippen LogP contribution in [-0.2, 0) is 18.4 Å². The van der Waals surface area contributed by atoms with Crippen molar-refractivity contribution in [3.63, 3.8) is 0 Å². The Kier molecular flexibility index (Phi) is 2.97. The smallest absolute Gasteiger partial charge is 0.133 e. The minimum absolute atomic E-state index is 0.0646. The van der Waals surface area contributed by atoms with Gasteiger partial charge < -0.3 is 4.90 Å². The summed E-state index contributed by atoms with van der Waals surface area (Å²) in [6.45, 7) is 8.59. The van der Waals surface area contributed by atoms with Crippen LogP contribution in [0.3, 0.4) is 0 Å². The number of fused-ring (bicyclic) bond motifs is 1. The van der Waals surface area contributed by atoms with Gasteiger partial charge in [-0.1, -0.05) is 32.4 Å². The van der Waals surface area contributed by atoms with Crippen LogP contribution in [-0.4, -0.2) is 23.5 Å². The molecule has 0 unspecified atom stereocenters. The molecule has 0 aliphatic carbocycles. The summed E-state index contributed by atoms with van der Waals surface area (Å²) in [5.41, 5.74) is 3.73. The number of halogens is 1. The second kappa shape index (κ2) is 4.01. The van der Waals surface area contributed by atoms with Crippen LogP contribution in [0.4, 0.5) is 0 Å². The van der Waals surface area contributed by atoms with E-state index in [4.69, 9.17) is 11.6 Å². The molecule has 0 radical (unpaired) electrons. The third-order valence-corrected chi connectivity index (χ3v) is 3.41. The molecule has 0 aromatic carbocycles. The predicted molar refractivity (Wildman–Crippen MR) is 68.0 cm³/mol. The van der Waals surface area contributed by atoms with Gasteiger partial charge in [-0.25, -0.2) is 4.98 Å². The van der Waals surface area contributed by atoms with E-state index in [2.05, 4.69) is 43.8 Å². The number of nitrogens with zero attached hydrogens (tertiary/aromatic N) is 2. The van der Waals surface area contributed by atoms with Crippen LogP contribution < -0.4 is 0 Å². The third kappa shape index (κ3) is 2.23. The first-order valence-corrected chi connectivity index (χ1v) is 6.13. The van der Waals surface area contributed by atoms with Gasteiger partial charge in [0.2, 0.25) is 0 Å². The van der Waals surface area contributed by atoms with Crippen LogP contribution >= 0.6 is 11.6 Å². The molecule has 0 N–H and O–H groups in total. The number of hydrogen-bond donors (Lipinski definition) is 0. The Labute approximate surface area is 103 Å². The zero-order chi connectivity index (χ0) is 11.9. The number of rotatable bonds is 0. The van der Waals surface area contributed by atoms with E-state index in [1.165, 1.54) is 11.3 Å². The summed E-state index contributed by atoms with van der Waals surface area (Å²) in [7, 11) is 2.15. The number of pyridine rings is 1. The van der Waals surface area contributed by atoms with Crippen molar-refractivity contribution in [1.82, 2.24) is 9.88 Å². The van der Waals surface area contributed by atoms with E-state index < -0.39 is 0 Å². The van der Waals surface area contributed by atoms with E-state index in [1.54, 1.807) is 0 Å². The zero-order valence-electron chi connectivity index (χ0n) is 10.5. The molecule has 0 bridgehead atoms. The van der Waals surface area contributed by atoms with Gasteiger partial charge in [0.25, 0.3) is 0 Å². The summed E-state index contributed by atoms with van der Waals surface area (Å²) in [5.74, 6) is 0. The quantitative estimate of drug-likeness (QED) is 0.646. The van der Waals surface area contributed by atoms with Crippen LogP contribution in [0.15, 0.2) is 6.07 Å². The van der Waals surface area contributed by atoms with Crippen LogP contribution in [0.5, 0.6) is 0 Å². The van der Waals surface area contributed by atoms with Gasteiger partial charge in [-0.3, -0.25) is 0 Å². The molecule has 2 heterocycles. The fourth-order valence-corrected chi connectivity index (χ4v) is 2.55. The maximum Gasteiger partial charge on any atom is 0.133 e. The Bertz CT molecular complexity index is 407. The van der Waals surface area contributed by atoms with Crippen LogP contribution in [0.2, 0.25) is 5.15 Å². The Morgan fingerprint density at radius 3 is 2.69 bits per heavy atom. The number of likely N-dealkylation sites (N-methyl/N-ethyl adjacent to an activating group) is 1. The summed E-state index contributed by atoms with van der Waals surface area (Å²) >= 11 is 6.26. The molecule has 0 atom stereocenters. The van der Waals surface area contributed by atoms with Crippen LogP contribution in [0.1, 0.15) is 37.6 Å². The standard InChI is InChI=1S/C13H19ClN2/c1-13(2,3)10-7-9-8-16(4)6-5-11(9)15-12(10)14/h7H,5-6,8H2,1-4H3. The number of aromatic nitrogens is 1. The molecule has 1 aliphatic rings. The maximum atomic E-state index is 6.26. The second-order valence-corrected chi connectivity index (χ2v) is 6.03. The molecule has 16 heavy (non-hydrogen) atoms. The summed E-state index contributed by atoms with van der Waals surface area (Å²) in [4.78, 5) is 6.88. The molecule has 88 valence electrons. The maximum absolute atomic E-state index is 6.26. The van der Waals surface area contributed by atoms with Gasteiger partial charge in [-0.15, -0.1) is 0 Å². The number of hydrogen-bond acceptors (Lipinski definition) is 2. The lowest BCUT2D eigenvalue weighted by molar-refractivity contribution is 0.309. The molecular weight excluding hydrogens is 220 g/mol. The van der Waals surface area contributed by atoms with E-state index in [-0.39, 0.29) is 5.41 Å². The van der Waals surface area contributed by atoms with Crippen molar-refractivity contribution in [2.45, 2.75) is 39.2 Å². The van der Waals surface area contributed by atoms with Crippen molar-refractivity contribution in [2.75, 3.05) is 13.6 Å². The van der Waals surface area contributed by atoms with Crippen molar-refractivity contribution < 1.29 is 0 Å². The molecular formula is C13H19ClN2. The zero-order valence-corrected chi connectivity index (χ0v) is 11.2. The summed E-state index contributed by atoms with van der Waals surface area (Å²) in [5, 5.41) is 0.677.